The van der Waals surface area contributed by atoms with Crippen LogP contribution in [0.3, 0.4) is 0 Å². The zero-order chi connectivity index (χ0) is 13.8. The quantitative estimate of drug-likeness (QED) is 0.844. The van der Waals surface area contributed by atoms with Gasteiger partial charge in [0.25, 0.3) is 11.1 Å². The lowest BCUT2D eigenvalue weighted by atomic mass is 10.3. The lowest BCUT2D eigenvalue weighted by Gasteiger charge is -2.12. The van der Waals surface area contributed by atoms with E-state index in [0.717, 1.165) is 16.7 Å². The number of carbonyl (C=O) groups is 3. The number of hydrogen-bond donors (Lipinski definition) is 1. The fraction of sp³-hybridized carbons (Fsp3) is 0.273. The first-order valence-corrected chi connectivity index (χ1v) is 6.82. The van der Waals surface area contributed by atoms with Gasteiger partial charge in [-0.3, -0.25) is 19.3 Å². The molecular weight excluding hydrogens is 290 g/mol. The molecule has 1 saturated heterocycles. The predicted molar refractivity (Wildman–Crippen MR) is 71.1 cm³/mol. The molecule has 0 bridgehead atoms. The Morgan fingerprint density at radius 2 is 2.26 bits per heavy atom. The predicted octanol–water partition coefficient (Wildman–Crippen LogP) is 1.16. The summed E-state index contributed by atoms with van der Waals surface area (Å²) in [7, 11) is 0. The molecule has 6 nitrogen and oxygen atoms in total. The van der Waals surface area contributed by atoms with Crippen molar-refractivity contribution < 1.29 is 14.4 Å². The Kier molecular flexibility index (Phi) is 4.39. The zero-order valence-electron chi connectivity index (χ0n) is 9.76. The average Bonchev–Trinajstić information content (AvgIpc) is 2.70. The van der Waals surface area contributed by atoms with E-state index < -0.39 is 5.91 Å². The summed E-state index contributed by atoms with van der Waals surface area (Å²) < 4.78 is 0. The number of halogens is 1. The molecule has 1 aromatic heterocycles. The van der Waals surface area contributed by atoms with Crippen molar-refractivity contribution in [3.8, 4) is 0 Å². The van der Waals surface area contributed by atoms with Gasteiger partial charge in [0.15, 0.2) is 0 Å². The van der Waals surface area contributed by atoms with E-state index >= 15 is 0 Å². The van der Waals surface area contributed by atoms with Crippen LogP contribution < -0.4 is 5.32 Å². The minimum Gasteiger partial charge on any atom is -0.349 e. The van der Waals surface area contributed by atoms with Crippen LogP contribution in [0, 0.1) is 0 Å². The third-order valence-electron chi connectivity index (χ3n) is 2.41. The second-order valence-electron chi connectivity index (χ2n) is 3.70. The van der Waals surface area contributed by atoms with E-state index in [4.69, 9.17) is 11.6 Å². The molecule has 8 heteroatoms. The molecule has 0 radical (unpaired) electrons. The van der Waals surface area contributed by atoms with Gasteiger partial charge in [0.2, 0.25) is 5.91 Å². The Bertz CT molecular complexity index is 522. The minimum absolute atomic E-state index is 0.164. The van der Waals surface area contributed by atoms with Gasteiger partial charge in [-0.15, -0.1) is 0 Å². The van der Waals surface area contributed by atoms with E-state index in [0.29, 0.717) is 0 Å². The molecule has 0 unspecified atom stereocenters. The normalized spacial score (nSPS) is 14.9. The molecule has 0 saturated carbocycles. The lowest BCUT2D eigenvalue weighted by molar-refractivity contribution is -0.124. The summed E-state index contributed by atoms with van der Waals surface area (Å²) in [4.78, 5) is 39.3. The second-order valence-corrected chi connectivity index (χ2v) is 5.02. The SMILES string of the molecule is O=C(NCCN1C(=O)CSC1=O)c1cccc(Cl)n1. The Morgan fingerprint density at radius 1 is 1.47 bits per heavy atom. The summed E-state index contributed by atoms with van der Waals surface area (Å²) in [6.45, 7) is 0.349. The van der Waals surface area contributed by atoms with Crippen LogP contribution in [0.2, 0.25) is 5.15 Å². The van der Waals surface area contributed by atoms with Crippen LogP contribution in [-0.2, 0) is 4.79 Å². The fourth-order valence-electron chi connectivity index (χ4n) is 1.50. The number of carbonyl (C=O) groups excluding carboxylic acids is 3. The largest absolute Gasteiger partial charge is 0.349 e. The van der Waals surface area contributed by atoms with E-state index in [1.165, 1.54) is 6.07 Å². The molecule has 100 valence electrons. The molecule has 1 N–H and O–H groups in total. The van der Waals surface area contributed by atoms with E-state index in [2.05, 4.69) is 10.3 Å². The molecular formula is C11H10ClN3O3S. The number of imide groups is 1. The highest BCUT2D eigenvalue weighted by Gasteiger charge is 2.29. The average molecular weight is 300 g/mol. The van der Waals surface area contributed by atoms with Crippen LogP contribution in [0.25, 0.3) is 0 Å². The maximum absolute atomic E-state index is 11.7. The smallest absolute Gasteiger partial charge is 0.288 e. The standard InChI is InChI=1S/C11H10ClN3O3S/c12-8-3-1-2-7(14-8)10(17)13-4-5-15-9(16)6-19-11(15)18/h1-3H,4-6H2,(H,13,17). The van der Waals surface area contributed by atoms with Crippen molar-refractivity contribution in [2.75, 3.05) is 18.8 Å². The molecule has 0 spiro atoms. The summed E-state index contributed by atoms with van der Waals surface area (Å²) in [5.41, 5.74) is 0.195. The molecule has 0 aliphatic carbocycles. The Morgan fingerprint density at radius 3 is 2.89 bits per heavy atom. The number of thioether (sulfide) groups is 1. The molecule has 1 aliphatic rings. The number of amides is 3. The molecule has 2 rings (SSSR count). The topological polar surface area (TPSA) is 79.4 Å². The highest BCUT2D eigenvalue weighted by atomic mass is 35.5. The summed E-state index contributed by atoms with van der Waals surface area (Å²) in [6, 6.07) is 4.72. The number of rotatable bonds is 4. The van der Waals surface area contributed by atoms with Crippen molar-refractivity contribution in [3.05, 3.63) is 29.0 Å². The molecule has 19 heavy (non-hydrogen) atoms. The Hall–Kier alpha value is -1.60. The van der Waals surface area contributed by atoms with Gasteiger partial charge in [0, 0.05) is 13.1 Å². The Labute approximate surface area is 118 Å². The first-order chi connectivity index (χ1) is 9.08. The van der Waals surface area contributed by atoms with Gasteiger partial charge < -0.3 is 5.32 Å². The van der Waals surface area contributed by atoms with Crippen LogP contribution in [0.4, 0.5) is 4.79 Å². The van der Waals surface area contributed by atoms with E-state index in [1.807, 2.05) is 0 Å². The van der Waals surface area contributed by atoms with Crippen molar-refractivity contribution in [1.82, 2.24) is 15.2 Å². The molecule has 1 aromatic rings. The van der Waals surface area contributed by atoms with Crippen molar-refractivity contribution in [1.29, 1.82) is 0 Å². The van der Waals surface area contributed by atoms with Crippen molar-refractivity contribution in [2.45, 2.75) is 0 Å². The maximum atomic E-state index is 11.7. The van der Waals surface area contributed by atoms with Gasteiger partial charge in [0.05, 0.1) is 5.75 Å². The van der Waals surface area contributed by atoms with E-state index in [9.17, 15) is 14.4 Å². The number of aromatic nitrogens is 1. The molecule has 0 atom stereocenters. The van der Waals surface area contributed by atoms with Crippen molar-refractivity contribution in [3.63, 3.8) is 0 Å². The monoisotopic (exact) mass is 299 g/mol. The van der Waals surface area contributed by atoms with E-state index in [-0.39, 0.29) is 40.8 Å². The lowest BCUT2D eigenvalue weighted by Crippen LogP contribution is -2.37. The maximum Gasteiger partial charge on any atom is 0.288 e. The Balaban J connectivity index is 1.84. The first-order valence-electron chi connectivity index (χ1n) is 5.46. The number of nitrogens with zero attached hydrogens (tertiary/aromatic N) is 2. The summed E-state index contributed by atoms with van der Waals surface area (Å²) in [6.07, 6.45) is 0. The van der Waals surface area contributed by atoms with Gasteiger partial charge in [0.1, 0.15) is 10.8 Å². The zero-order valence-corrected chi connectivity index (χ0v) is 11.3. The molecule has 1 aliphatic heterocycles. The van der Waals surface area contributed by atoms with Gasteiger partial charge in [-0.25, -0.2) is 4.98 Å². The van der Waals surface area contributed by atoms with Crippen LogP contribution in [0.15, 0.2) is 18.2 Å². The number of hydrogen-bond acceptors (Lipinski definition) is 5. The van der Waals surface area contributed by atoms with Crippen molar-refractivity contribution in [2.24, 2.45) is 0 Å². The van der Waals surface area contributed by atoms with Crippen LogP contribution in [0.1, 0.15) is 10.5 Å². The molecule has 3 amide bonds. The van der Waals surface area contributed by atoms with Gasteiger partial charge in [-0.1, -0.05) is 29.4 Å². The summed E-state index contributed by atoms with van der Waals surface area (Å²) in [5.74, 6) is -0.456. The number of nitrogens with one attached hydrogen (secondary N) is 1. The van der Waals surface area contributed by atoms with Crippen LogP contribution in [0.5, 0.6) is 0 Å². The highest BCUT2D eigenvalue weighted by Crippen LogP contribution is 2.17. The van der Waals surface area contributed by atoms with Gasteiger partial charge >= 0.3 is 0 Å². The highest BCUT2D eigenvalue weighted by molar-refractivity contribution is 8.14. The molecule has 1 fully saturated rings. The van der Waals surface area contributed by atoms with Crippen molar-refractivity contribution >= 4 is 40.4 Å². The third kappa shape index (κ3) is 3.45. The fourth-order valence-corrected chi connectivity index (χ4v) is 2.42. The third-order valence-corrected chi connectivity index (χ3v) is 3.48. The first kappa shape index (κ1) is 13.8. The molecule has 2 heterocycles. The minimum atomic E-state index is -0.394. The number of pyridine rings is 1. The van der Waals surface area contributed by atoms with Crippen LogP contribution in [-0.4, -0.2) is 45.8 Å². The second kappa shape index (κ2) is 6.03. The summed E-state index contributed by atoms with van der Waals surface area (Å²) in [5, 5.41) is 2.53. The van der Waals surface area contributed by atoms with Gasteiger partial charge in [-0.2, -0.15) is 0 Å². The summed E-state index contributed by atoms with van der Waals surface area (Å²) >= 11 is 6.64. The molecule has 0 aromatic carbocycles. The van der Waals surface area contributed by atoms with E-state index in [1.54, 1.807) is 12.1 Å². The van der Waals surface area contributed by atoms with Gasteiger partial charge in [-0.05, 0) is 12.1 Å². The van der Waals surface area contributed by atoms with Crippen LogP contribution >= 0.6 is 23.4 Å².